The van der Waals surface area contributed by atoms with E-state index in [1.165, 1.54) is 16.3 Å². The molecule has 1 aromatic carbocycles. The molecule has 122 valence electrons. The summed E-state index contributed by atoms with van der Waals surface area (Å²) in [5.41, 5.74) is 6.53. The predicted octanol–water partition coefficient (Wildman–Crippen LogP) is 4.23. The first-order valence-corrected chi connectivity index (χ1v) is 8.51. The normalized spacial score (nSPS) is 11.1. The maximum atomic E-state index is 12.1. The Labute approximate surface area is 145 Å². The molecule has 1 amide bonds. The predicted molar refractivity (Wildman–Crippen MR) is 99.4 cm³/mol. The molecular formula is C19H19N3OS. The van der Waals surface area contributed by atoms with Crippen LogP contribution in [0, 0.1) is 20.8 Å². The zero-order valence-corrected chi connectivity index (χ0v) is 14.7. The van der Waals surface area contributed by atoms with Crippen LogP contribution in [0.3, 0.4) is 0 Å². The van der Waals surface area contributed by atoms with Crippen molar-refractivity contribution >= 4 is 23.5 Å². The highest BCUT2D eigenvalue weighted by Gasteiger charge is 2.07. The summed E-state index contributed by atoms with van der Waals surface area (Å²) in [5.74, 6) is -0.216. The Morgan fingerprint density at radius 1 is 1.00 bits per heavy atom. The zero-order chi connectivity index (χ0) is 17.1. The van der Waals surface area contributed by atoms with Crippen LogP contribution in [0.25, 0.3) is 5.69 Å². The number of amides is 1. The summed E-state index contributed by atoms with van der Waals surface area (Å²) in [6, 6.07) is 15.7. The van der Waals surface area contributed by atoms with Gasteiger partial charge in [0.15, 0.2) is 0 Å². The van der Waals surface area contributed by atoms with Gasteiger partial charge in [0.1, 0.15) is 0 Å². The summed E-state index contributed by atoms with van der Waals surface area (Å²) in [5, 5.41) is 4.01. The van der Waals surface area contributed by atoms with Crippen molar-refractivity contribution in [2.75, 3.05) is 0 Å². The van der Waals surface area contributed by atoms with E-state index in [0.29, 0.717) is 5.56 Å². The summed E-state index contributed by atoms with van der Waals surface area (Å²) < 4.78 is 2.15. The van der Waals surface area contributed by atoms with Gasteiger partial charge in [-0.3, -0.25) is 4.79 Å². The van der Waals surface area contributed by atoms with E-state index in [1.54, 1.807) is 17.6 Å². The highest BCUT2D eigenvalue weighted by atomic mass is 32.1. The Hall–Kier alpha value is -2.66. The standard InChI is InChI=1S/C19H19N3OS/c1-13-4-5-14(2)22(13)17-9-7-16(8-10-17)19(23)21-20-12-18-11-6-15(3)24-18/h4-12H,1-3H3,(H,21,23)/b20-12+. The average molecular weight is 337 g/mol. The van der Waals surface area contributed by atoms with Crippen LogP contribution in [-0.4, -0.2) is 16.7 Å². The molecule has 0 atom stereocenters. The number of thiophene rings is 1. The van der Waals surface area contributed by atoms with Crippen LogP contribution >= 0.6 is 11.3 Å². The molecule has 0 aliphatic carbocycles. The second-order valence-electron chi connectivity index (χ2n) is 5.65. The van der Waals surface area contributed by atoms with Gasteiger partial charge in [-0.05, 0) is 69.3 Å². The number of carbonyl (C=O) groups excluding carboxylic acids is 1. The van der Waals surface area contributed by atoms with Crippen molar-refractivity contribution < 1.29 is 4.79 Å². The minimum Gasteiger partial charge on any atom is -0.319 e. The molecule has 24 heavy (non-hydrogen) atoms. The Morgan fingerprint density at radius 2 is 1.67 bits per heavy atom. The van der Waals surface area contributed by atoms with Crippen molar-refractivity contribution in [2.45, 2.75) is 20.8 Å². The van der Waals surface area contributed by atoms with Gasteiger partial charge < -0.3 is 4.57 Å². The number of hydrogen-bond donors (Lipinski definition) is 1. The number of benzene rings is 1. The number of carbonyl (C=O) groups is 1. The molecule has 0 spiro atoms. The molecule has 5 heteroatoms. The summed E-state index contributed by atoms with van der Waals surface area (Å²) in [7, 11) is 0. The van der Waals surface area contributed by atoms with Crippen LogP contribution in [0.15, 0.2) is 53.6 Å². The van der Waals surface area contributed by atoms with Crippen molar-refractivity contribution in [3.05, 3.63) is 75.2 Å². The number of nitrogens with one attached hydrogen (secondary N) is 1. The number of aromatic nitrogens is 1. The van der Waals surface area contributed by atoms with Gasteiger partial charge in [-0.25, -0.2) is 5.43 Å². The van der Waals surface area contributed by atoms with Gasteiger partial charge in [-0.1, -0.05) is 0 Å². The van der Waals surface area contributed by atoms with E-state index in [0.717, 1.165) is 10.6 Å². The van der Waals surface area contributed by atoms with E-state index in [2.05, 4.69) is 41.1 Å². The topological polar surface area (TPSA) is 46.4 Å². The van der Waals surface area contributed by atoms with Crippen LogP contribution in [-0.2, 0) is 0 Å². The molecule has 0 saturated heterocycles. The summed E-state index contributed by atoms with van der Waals surface area (Å²) in [4.78, 5) is 14.4. The number of nitrogens with zero attached hydrogens (tertiary/aromatic N) is 2. The second kappa shape index (κ2) is 6.84. The fourth-order valence-electron chi connectivity index (χ4n) is 2.58. The van der Waals surface area contributed by atoms with Crippen molar-refractivity contribution in [3.8, 4) is 5.69 Å². The van der Waals surface area contributed by atoms with Gasteiger partial charge in [0.25, 0.3) is 5.91 Å². The lowest BCUT2D eigenvalue weighted by molar-refractivity contribution is 0.0955. The van der Waals surface area contributed by atoms with E-state index in [-0.39, 0.29) is 5.91 Å². The Bertz CT molecular complexity index is 868. The largest absolute Gasteiger partial charge is 0.319 e. The fraction of sp³-hybridized carbons (Fsp3) is 0.158. The molecule has 2 heterocycles. The lowest BCUT2D eigenvalue weighted by Gasteiger charge is -2.09. The average Bonchev–Trinajstić information content (AvgIpc) is 3.13. The quantitative estimate of drug-likeness (QED) is 0.562. The maximum Gasteiger partial charge on any atom is 0.271 e. The Kier molecular flexibility index (Phi) is 4.62. The molecule has 4 nitrogen and oxygen atoms in total. The van der Waals surface area contributed by atoms with Gasteiger partial charge in [0.05, 0.1) is 6.21 Å². The van der Waals surface area contributed by atoms with E-state index in [9.17, 15) is 4.79 Å². The highest BCUT2D eigenvalue weighted by Crippen LogP contribution is 2.17. The Morgan fingerprint density at radius 3 is 2.25 bits per heavy atom. The van der Waals surface area contributed by atoms with E-state index < -0.39 is 0 Å². The first kappa shape index (κ1) is 16.2. The molecule has 0 radical (unpaired) electrons. The third-order valence-electron chi connectivity index (χ3n) is 3.78. The minimum atomic E-state index is -0.216. The number of rotatable bonds is 4. The van der Waals surface area contributed by atoms with Crippen LogP contribution < -0.4 is 5.43 Å². The van der Waals surface area contributed by atoms with Crippen LogP contribution in [0.2, 0.25) is 0 Å². The molecule has 3 aromatic rings. The van der Waals surface area contributed by atoms with Crippen LogP contribution in [0.5, 0.6) is 0 Å². The molecular weight excluding hydrogens is 318 g/mol. The van der Waals surface area contributed by atoms with Crippen molar-refractivity contribution in [3.63, 3.8) is 0 Å². The summed E-state index contributed by atoms with van der Waals surface area (Å²) in [6.45, 7) is 6.17. The number of hydrazone groups is 1. The summed E-state index contributed by atoms with van der Waals surface area (Å²) >= 11 is 1.63. The van der Waals surface area contributed by atoms with Gasteiger partial charge in [-0.2, -0.15) is 5.10 Å². The third kappa shape index (κ3) is 3.46. The van der Waals surface area contributed by atoms with Gasteiger partial charge in [-0.15, -0.1) is 11.3 Å². The van der Waals surface area contributed by atoms with Gasteiger partial charge in [0, 0.05) is 32.4 Å². The molecule has 3 rings (SSSR count). The van der Waals surface area contributed by atoms with Crippen LogP contribution in [0.1, 0.15) is 31.5 Å². The van der Waals surface area contributed by atoms with Crippen molar-refractivity contribution in [1.29, 1.82) is 0 Å². The van der Waals surface area contributed by atoms with E-state index >= 15 is 0 Å². The summed E-state index contributed by atoms with van der Waals surface area (Å²) in [6.07, 6.45) is 1.66. The molecule has 0 saturated carbocycles. The first-order chi connectivity index (χ1) is 11.5. The van der Waals surface area contributed by atoms with E-state index in [4.69, 9.17) is 0 Å². The first-order valence-electron chi connectivity index (χ1n) is 7.70. The monoisotopic (exact) mass is 337 g/mol. The molecule has 1 N–H and O–H groups in total. The SMILES string of the molecule is Cc1ccc(/C=N/NC(=O)c2ccc(-n3c(C)ccc3C)cc2)s1. The smallest absolute Gasteiger partial charge is 0.271 e. The van der Waals surface area contributed by atoms with Crippen molar-refractivity contribution in [1.82, 2.24) is 9.99 Å². The highest BCUT2D eigenvalue weighted by molar-refractivity contribution is 7.13. The van der Waals surface area contributed by atoms with Gasteiger partial charge in [0.2, 0.25) is 0 Å². The molecule has 0 fully saturated rings. The van der Waals surface area contributed by atoms with E-state index in [1.807, 2.05) is 43.3 Å². The lowest BCUT2D eigenvalue weighted by atomic mass is 10.2. The van der Waals surface area contributed by atoms with Crippen LogP contribution in [0.4, 0.5) is 0 Å². The molecule has 0 bridgehead atoms. The van der Waals surface area contributed by atoms with Crippen molar-refractivity contribution in [2.24, 2.45) is 5.10 Å². The number of aryl methyl sites for hydroxylation is 3. The number of hydrogen-bond acceptors (Lipinski definition) is 3. The fourth-order valence-corrected chi connectivity index (χ4v) is 3.33. The molecule has 0 aliphatic heterocycles. The molecule has 0 aliphatic rings. The zero-order valence-electron chi connectivity index (χ0n) is 13.9. The maximum absolute atomic E-state index is 12.1. The molecule has 0 unspecified atom stereocenters. The Balaban J connectivity index is 1.69. The molecule has 2 aromatic heterocycles. The lowest BCUT2D eigenvalue weighted by Crippen LogP contribution is -2.17. The third-order valence-corrected chi connectivity index (χ3v) is 4.71. The second-order valence-corrected chi connectivity index (χ2v) is 6.97. The minimum absolute atomic E-state index is 0.216. The van der Waals surface area contributed by atoms with Gasteiger partial charge >= 0.3 is 0 Å².